The Labute approximate surface area is 111 Å². The third-order valence-corrected chi connectivity index (χ3v) is 2.51. The normalized spacial score (nSPS) is 10.5. The molecule has 1 aromatic heterocycles. The van der Waals surface area contributed by atoms with Gasteiger partial charge < -0.3 is 9.47 Å². The number of halogens is 4. The van der Waals surface area contributed by atoms with Crippen LogP contribution in [0.1, 0.15) is 0 Å². The van der Waals surface area contributed by atoms with E-state index in [2.05, 4.69) is 10.2 Å². The summed E-state index contributed by atoms with van der Waals surface area (Å²) in [7, 11) is 2.34. The van der Waals surface area contributed by atoms with Crippen LogP contribution in [-0.2, 0) is 0 Å². The minimum absolute atomic E-state index is 0.257. The van der Waals surface area contributed by atoms with Crippen LogP contribution in [0.2, 0.25) is 0 Å². The second-order valence-corrected chi connectivity index (χ2v) is 3.65. The SMILES string of the molecule is COc1nnc(F)c(-c2c(F)cc(F)cc2F)c1OC. The van der Waals surface area contributed by atoms with E-state index in [0.29, 0.717) is 12.1 Å². The number of rotatable bonds is 3. The molecule has 106 valence electrons. The third-order valence-electron chi connectivity index (χ3n) is 2.51. The third kappa shape index (κ3) is 2.24. The summed E-state index contributed by atoms with van der Waals surface area (Å²) < 4.78 is 63.8. The van der Waals surface area contributed by atoms with Gasteiger partial charge in [0.1, 0.15) is 17.5 Å². The van der Waals surface area contributed by atoms with Crippen LogP contribution in [0, 0.1) is 23.4 Å². The predicted molar refractivity (Wildman–Crippen MR) is 60.4 cm³/mol. The van der Waals surface area contributed by atoms with Gasteiger partial charge in [-0.25, -0.2) is 13.2 Å². The van der Waals surface area contributed by atoms with Gasteiger partial charge in [0.15, 0.2) is 5.75 Å². The van der Waals surface area contributed by atoms with Crippen LogP contribution in [0.3, 0.4) is 0 Å². The van der Waals surface area contributed by atoms with Gasteiger partial charge in [-0.05, 0) is 0 Å². The molecule has 0 fully saturated rings. The first-order chi connectivity index (χ1) is 9.49. The molecule has 20 heavy (non-hydrogen) atoms. The first-order valence-electron chi connectivity index (χ1n) is 5.28. The van der Waals surface area contributed by atoms with Crippen molar-refractivity contribution in [2.75, 3.05) is 14.2 Å². The summed E-state index contributed by atoms with van der Waals surface area (Å²) >= 11 is 0. The summed E-state index contributed by atoms with van der Waals surface area (Å²) in [4.78, 5) is 0. The Balaban J connectivity index is 2.82. The molecule has 0 saturated heterocycles. The maximum atomic E-state index is 13.8. The lowest BCUT2D eigenvalue weighted by atomic mass is 10.1. The lowest BCUT2D eigenvalue weighted by molar-refractivity contribution is 0.333. The summed E-state index contributed by atoms with van der Waals surface area (Å²) in [6.45, 7) is 0. The Morgan fingerprint density at radius 3 is 1.95 bits per heavy atom. The van der Waals surface area contributed by atoms with Crippen molar-refractivity contribution < 1.29 is 27.0 Å². The monoisotopic (exact) mass is 288 g/mol. The molecule has 4 nitrogen and oxygen atoms in total. The van der Waals surface area contributed by atoms with E-state index in [1.165, 1.54) is 7.11 Å². The van der Waals surface area contributed by atoms with Gasteiger partial charge in [-0.3, -0.25) is 0 Å². The van der Waals surface area contributed by atoms with Crippen LogP contribution >= 0.6 is 0 Å². The number of ether oxygens (including phenoxy) is 2. The van der Waals surface area contributed by atoms with E-state index in [9.17, 15) is 17.6 Å². The summed E-state index contributed by atoms with van der Waals surface area (Å²) in [5, 5.41) is 6.43. The molecule has 1 aromatic carbocycles. The fourth-order valence-electron chi connectivity index (χ4n) is 1.71. The van der Waals surface area contributed by atoms with Crippen molar-refractivity contribution in [3.05, 3.63) is 35.5 Å². The van der Waals surface area contributed by atoms with Crippen LogP contribution in [-0.4, -0.2) is 24.4 Å². The van der Waals surface area contributed by atoms with E-state index >= 15 is 0 Å². The topological polar surface area (TPSA) is 44.2 Å². The zero-order valence-electron chi connectivity index (χ0n) is 10.4. The molecule has 0 atom stereocenters. The van der Waals surface area contributed by atoms with Crippen LogP contribution in [0.25, 0.3) is 11.1 Å². The fourth-order valence-corrected chi connectivity index (χ4v) is 1.71. The van der Waals surface area contributed by atoms with E-state index in [0.717, 1.165) is 7.11 Å². The Morgan fingerprint density at radius 1 is 0.850 bits per heavy atom. The number of hydrogen-bond donors (Lipinski definition) is 0. The number of hydrogen-bond acceptors (Lipinski definition) is 4. The summed E-state index contributed by atoms with van der Waals surface area (Å²) in [5.74, 6) is -5.59. The van der Waals surface area contributed by atoms with E-state index in [1.807, 2.05) is 0 Å². The lowest BCUT2D eigenvalue weighted by Gasteiger charge is -2.12. The van der Waals surface area contributed by atoms with Crippen LogP contribution < -0.4 is 9.47 Å². The van der Waals surface area contributed by atoms with Crippen LogP contribution in [0.15, 0.2) is 12.1 Å². The lowest BCUT2D eigenvalue weighted by Crippen LogP contribution is -2.04. The van der Waals surface area contributed by atoms with E-state index in [1.54, 1.807) is 0 Å². The molecule has 0 bridgehead atoms. The van der Waals surface area contributed by atoms with Crippen LogP contribution in [0.4, 0.5) is 17.6 Å². The molecule has 8 heteroatoms. The first kappa shape index (κ1) is 14.0. The standard InChI is InChI=1S/C12H8F4N2O2/c1-19-10-9(11(16)17-18-12(10)20-2)8-6(14)3-5(13)4-7(8)15/h3-4H,1-2H3. The maximum Gasteiger partial charge on any atom is 0.276 e. The van der Waals surface area contributed by atoms with Gasteiger partial charge in [-0.2, -0.15) is 4.39 Å². The van der Waals surface area contributed by atoms with Crippen molar-refractivity contribution in [1.29, 1.82) is 0 Å². The predicted octanol–water partition coefficient (Wildman–Crippen LogP) is 2.72. The Bertz CT molecular complexity index is 641. The van der Waals surface area contributed by atoms with Crippen LogP contribution in [0.5, 0.6) is 11.6 Å². The number of methoxy groups -OCH3 is 2. The van der Waals surface area contributed by atoms with Gasteiger partial charge in [0.05, 0.1) is 25.3 Å². The molecule has 0 saturated carbocycles. The largest absolute Gasteiger partial charge is 0.491 e. The molecular formula is C12H8F4N2O2. The highest BCUT2D eigenvalue weighted by atomic mass is 19.1. The van der Waals surface area contributed by atoms with Crippen molar-refractivity contribution in [3.63, 3.8) is 0 Å². The van der Waals surface area contributed by atoms with E-state index in [-0.39, 0.29) is 11.6 Å². The average molecular weight is 288 g/mol. The first-order valence-corrected chi connectivity index (χ1v) is 5.28. The number of benzene rings is 1. The molecule has 0 radical (unpaired) electrons. The molecular weight excluding hydrogens is 280 g/mol. The van der Waals surface area contributed by atoms with Gasteiger partial charge in [-0.1, -0.05) is 0 Å². The molecule has 0 unspecified atom stereocenters. The maximum absolute atomic E-state index is 13.8. The number of aromatic nitrogens is 2. The van der Waals surface area contributed by atoms with Gasteiger partial charge in [-0.15, -0.1) is 10.2 Å². The van der Waals surface area contributed by atoms with Crippen molar-refractivity contribution in [3.8, 4) is 22.8 Å². The molecule has 0 aliphatic rings. The minimum Gasteiger partial charge on any atom is -0.491 e. The number of nitrogens with zero attached hydrogens (tertiary/aromatic N) is 2. The minimum atomic E-state index is -1.30. The molecule has 0 aliphatic carbocycles. The molecule has 1 heterocycles. The highest BCUT2D eigenvalue weighted by Gasteiger charge is 2.25. The summed E-state index contributed by atoms with van der Waals surface area (Å²) in [6.07, 6.45) is 0. The second-order valence-electron chi connectivity index (χ2n) is 3.65. The molecule has 0 N–H and O–H groups in total. The van der Waals surface area contributed by atoms with Gasteiger partial charge in [0, 0.05) is 12.1 Å². The van der Waals surface area contributed by atoms with Crippen molar-refractivity contribution in [2.24, 2.45) is 0 Å². The van der Waals surface area contributed by atoms with Gasteiger partial charge >= 0.3 is 0 Å². The Kier molecular flexibility index (Phi) is 3.73. The van der Waals surface area contributed by atoms with Gasteiger partial charge in [0.25, 0.3) is 5.88 Å². The highest BCUT2D eigenvalue weighted by molar-refractivity contribution is 5.73. The zero-order valence-corrected chi connectivity index (χ0v) is 10.4. The molecule has 0 aliphatic heterocycles. The van der Waals surface area contributed by atoms with E-state index < -0.39 is 34.5 Å². The fraction of sp³-hybridized carbons (Fsp3) is 0.167. The summed E-state index contributed by atoms with van der Waals surface area (Å²) in [5.41, 5.74) is -1.44. The molecule has 0 spiro atoms. The molecule has 2 aromatic rings. The van der Waals surface area contributed by atoms with Crippen molar-refractivity contribution in [1.82, 2.24) is 10.2 Å². The Morgan fingerprint density at radius 2 is 1.45 bits per heavy atom. The average Bonchev–Trinajstić information content (AvgIpc) is 2.39. The zero-order chi connectivity index (χ0) is 14.9. The van der Waals surface area contributed by atoms with E-state index in [4.69, 9.17) is 9.47 Å². The smallest absolute Gasteiger partial charge is 0.276 e. The molecule has 2 rings (SSSR count). The second kappa shape index (κ2) is 5.32. The van der Waals surface area contributed by atoms with Gasteiger partial charge in [0.2, 0.25) is 5.95 Å². The quantitative estimate of drug-likeness (QED) is 0.815. The van der Waals surface area contributed by atoms with Crippen molar-refractivity contribution >= 4 is 0 Å². The molecule has 0 amide bonds. The summed E-state index contributed by atoms with van der Waals surface area (Å²) in [6, 6.07) is 0.842. The Hall–Kier alpha value is -2.38. The highest BCUT2D eigenvalue weighted by Crippen LogP contribution is 2.39. The van der Waals surface area contributed by atoms with Crippen molar-refractivity contribution in [2.45, 2.75) is 0 Å².